The van der Waals surface area contributed by atoms with Gasteiger partial charge in [-0.3, -0.25) is 0 Å². The van der Waals surface area contributed by atoms with E-state index in [1.807, 2.05) is 0 Å². The number of rotatable bonds is 1. The fourth-order valence-corrected chi connectivity index (χ4v) is 2.18. The second kappa shape index (κ2) is 3.59. The molecule has 0 atom stereocenters. The first-order chi connectivity index (χ1) is 7.45. The van der Waals surface area contributed by atoms with Crippen LogP contribution in [0.3, 0.4) is 0 Å². The SMILES string of the molecule is Cc1c(C(=O)O)c2c(F)c(Br)ccc2n1C. The zero-order chi connectivity index (χ0) is 12.0. The van der Waals surface area contributed by atoms with Crippen molar-refractivity contribution >= 4 is 32.8 Å². The predicted molar refractivity (Wildman–Crippen MR) is 62.3 cm³/mol. The molecular weight excluding hydrogens is 277 g/mol. The standard InChI is InChI=1S/C11H9BrFNO2/c1-5-8(11(15)16)9-7(14(5)2)4-3-6(12)10(9)13/h3-4H,1-2H3,(H,15,16). The third-order valence-electron chi connectivity index (χ3n) is 2.76. The minimum Gasteiger partial charge on any atom is -0.478 e. The molecule has 0 saturated carbocycles. The van der Waals surface area contributed by atoms with Gasteiger partial charge < -0.3 is 9.67 Å². The third kappa shape index (κ3) is 1.35. The van der Waals surface area contributed by atoms with Crippen LogP contribution in [-0.2, 0) is 7.05 Å². The number of carboxylic acids is 1. The zero-order valence-electron chi connectivity index (χ0n) is 8.71. The highest BCUT2D eigenvalue weighted by atomic mass is 79.9. The Morgan fingerprint density at radius 1 is 1.50 bits per heavy atom. The maximum absolute atomic E-state index is 13.9. The highest BCUT2D eigenvalue weighted by Gasteiger charge is 2.21. The molecule has 0 aliphatic rings. The summed E-state index contributed by atoms with van der Waals surface area (Å²) in [4.78, 5) is 11.1. The normalized spacial score (nSPS) is 11.0. The van der Waals surface area contributed by atoms with Crippen LogP contribution in [0, 0.1) is 12.7 Å². The van der Waals surface area contributed by atoms with Gasteiger partial charge in [0.2, 0.25) is 0 Å². The third-order valence-corrected chi connectivity index (χ3v) is 3.38. The van der Waals surface area contributed by atoms with Gasteiger partial charge in [-0.05, 0) is 35.0 Å². The summed E-state index contributed by atoms with van der Waals surface area (Å²) < 4.78 is 15.8. The highest BCUT2D eigenvalue weighted by molar-refractivity contribution is 9.10. The van der Waals surface area contributed by atoms with Crippen molar-refractivity contribution in [2.75, 3.05) is 0 Å². The largest absolute Gasteiger partial charge is 0.478 e. The highest BCUT2D eigenvalue weighted by Crippen LogP contribution is 2.31. The molecule has 3 nitrogen and oxygen atoms in total. The molecule has 5 heteroatoms. The van der Waals surface area contributed by atoms with Crippen molar-refractivity contribution in [2.24, 2.45) is 7.05 Å². The molecule has 0 spiro atoms. The minimum absolute atomic E-state index is 0.0244. The molecular formula is C11H9BrFNO2. The number of halogens is 2. The molecule has 16 heavy (non-hydrogen) atoms. The number of hydrogen-bond donors (Lipinski definition) is 1. The number of aryl methyl sites for hydroxylation is 1. The average Bonchev–Trinajstić information content (AvgIpc) is 2.47. The van der Waals surface area contributed by atoms with E-state index in [-0.39, 0.29) is 15.4 Å². The van der Waals surface area contributed by atoms with E-state index < -0.39 is 11.8 Å². The van der Waals surface area contributed by atoms with E-state index in [9.17, 15) is 9.18 Å². The monoisotopic (exact) mass is 285 g/mol. The zero-order valence-corrected chi connectivity index (χ0v) is 10.3. The minimum atomic E-state index is -1.11. The van der Waals surface area contributed by atoms with Crippen LogP contribution in [0.1, 0.15) is 16.1 Å². The molecule has 0 radical (unpaired) electrons. The molecule has 1 N–H and O–H groups in total. The van der Waals surface area contributed by atoms with Crippen LogP contribution in [0.2, 0.25) is 0 Å². The van der Waals surface area contributed by atoms with Crippen LogP contribution in [0.4, 0.5) is 4.39 Å². The van der Waals surface area contributed by atoms with Gasteiger partial charge in [-0.15, -0.1) is 0 Å². The van der Waals surface area contributed by atoms with E-state index in [0.29, 0.717) is 11.2 Å². The van der Waals surface area contributed by atoms with Crippen LogP contribution in [0.15, 0.2) is 16.6 Å². The van der Waals surface area contributed by atoms with Gasteiger partial charge in [-0.2, -0.15) is 0 Å². The van der Waals surface area contributed by atoms with Gasteiger partial charge in [0.05, 0.1) is 20.9 Å². The Morgan fingerprint density at radius 3 is 2.69 bits per heavy atom. The Hall–Kier alpha value is -1.36. The summed E-state index contributed by atoms with van der Waals surface area (Å²) in [5, 5.41) is 9.25. The lowest BCUT2D eigenvalue weighted by Crippen LogP contribution is -2.00. The maximum atomic E-state index is 13.9. The van der Waals surface area contributed by atoms with Crippen molar-refractivity contribution in [2.45, 2.75) is 6.92 Å². The maximum Gasteiger partial charge on any atom is 0.338 e. The molecule has 84 valence electrons. The smallest absolute Gasteiger partial charge is 0.338 e. The number of fused-ring (bicyclic) bond motifs is 1. The van der Waals surface area contributed by atoms with Gasteiger partial charge >= 0.3 is 5.97 Å². The number of benzene rings is 1. The van der Waals surface area contributed by atoms with Crippen LogP contribution in [0.5, 0.6) is 0 Å². The first-order valence-corrected chi connectivity index (χ1v) is 5.40. The van der Waals surface area contributed by atoms with Crippen molar-refractivity contribution in [3.8, 4) is 0 Å². The van der Waals surface area contributed by atoms with Crippen molar-refractivity contribution < 1.29 is 14.3 Å². The summed E-state index contributed by atoms with van der Waals surface area (Å²) in [6, 6.07) is 3.27. The van der Waals surface area contributed by atoms with Gasteiger partial charge in [0, 0.05) is 12.7 Å². The van der Waals surface area contributed by atoms with Crippen molar-refractivity contribution in [1.29, 1.82) is 0 Å². The first-order valence-electron chi connectivity index (χ1n) is 4.61. The number of carbonyl (C=O) groups is 1. The molecule has 2 rings (SSSR count). The van der Waals surface area contributed by atoms with Crippen molar-refractivity contribution in [3.63, 3.8) is 0 Å². The Labute approximate surface area is 99.6 Å². The quantitative estimate of drug-likeness (QED) is 0.875. The molecule has 0 aliphatic heterocycles. The van der Waals surface area contributed by atoms with E-state index >= 15 is 0 Å². The van der Waals surface area contributed by atoms with E-state index in [2.05, 4.69) is 15.9 Å². The predicted octanol–water partition coefficient (Wildman–Crippen LogP) is 3.09. The molecule has 0 fully saturated rings. The number of aromatic carboxylic acids is 1. The second-order valence-corrected chi connectivity index (χ2v) is 4.43. The van der Waals surface area contributed by atoms with E-state index in [4.69, 9.17) is 5.11 Å². The summed E-state index contributed by atoms with van der Waals surface area (Å²) in [6.45, 7) is 1.66. The molecule has 0 aliphatic carbocycles. The molecule has 1 aromatic heterocycles. The van der Waals surface area contributed by atoms with E-state index in [1.54, 1.807) is 30.7 Å². The van der Waals surface area contributed by atoms with Crippen LogP contribution < -0.4 is 0 Å². The fourth-order valence-electron chi connectivity index (χ4n) is 1.85. The first kappa shape index (κ1) is 11.1. The molecule has 0 unspecified atom stereocenters. The van der Waals surface area contributed by atoms with Gasteiger partial charge in [-0.25, -0.2) is 9.18 Å². The average molecular weight is 286 g/mol. The van der Waals surface area contributed by atoms with Gasteiger partial charge in [0.15, 0.2) is 0 Å². The number of aromatic nitrogens is 1. The molecule has 0 bridgehead atoms. The van der Waals surface area contributed by atoms with Crippen molar-refractivity contribution in [1.82, 2.24) is 4.57 Å². The Balaban J connectivity index is 3.04. The summed E-state index contributed by atoms with van der Waals surface area (Å²) in [5.41, 5.74) is 1.14. The number of nitrogens with zero attached hydrogens (tertiary/aromatic N) is 1. The lowest BCUT2D eigenvalue weighted by atomic mass is 10.1. The lowest BCUT2D eigenvalue weighted by Gasteiger charge is -1.99. The van der Waals surface area contributed by atoms with Crippen molar-refractivity contribution in [3.05, 3.63) is 33.7 Å². The fraction of sp³-hybridized carbons (Fsp3) is 0.182. The van der Waals surface area contributed by atoms with Gasteiger partial charge in [0.1, 0.15) is 5.82 Å². The molecule has 1 aromatic carbocycles. The topological polar surface area (TPSA) is 42.2 Å². The van der Waals surface area contributed by atoms with Gasteiger partial charge in [-0.1, -0.05) is 0 Å². The summed E-state index contributed by atoms with van der Waals surface area (Å²) in [5.74, 6) is -1.64. The Kier molecular flexibility index (Phi) is 2.50. The van der Waals surface area contributed by atoms with Crippen LogP contribution >= 0.6 is 15.9 Å². The number of carboxylic acid groups (broad SMARTS) is 1. The molecule has 0 saturated heterocycles. The second-order valence-electron chi connectivity index (χ2n) is 3.58. The molecule has 0 amide bonds. The molecule has 2 aromatic rings. The number of hydrogen-bond acceptors (Lipinski definition) is 1. The van der Waals surface area contributed by atoms with Gasteiger partial charge in [0.25, 0.3) is 0 Å². The Bertz CT molecular complexity index is 604. The summed E-state index contributed by atoms with van der Waals surface area (Å²) in [6.07, 6.45) is 0. The van der Waals surface area contributed by atoms with E-state index in [0.717, 1.165) is 0 Å². The molecule has 1 heterocycles. The van der Waals surface area contributed by atoms with E-state index in [1.165, 1.54) is 0 Å². The van der Waals surface area contributed by atoms with Crippen LogP contribution in [0.25, 0.3) is 10.9 Å². The Morgan fingerprint density at radius 2 is 2.12 bits per heavy atom. The van der Waals surface area contributed by atoms with Crippen LogP contribution in [-0.4, -0.2) is 15.6 Å². The lowest BCUT2D eigenvalue weighted by molar-refractivity contribution is 0.0697. The summed E-state index contributed by atoms with van der Waals surface area (Å²) in [7, 11) is 1.72. The summed E-state index contributed by atoms with van der Waals surface area (Å²) >= 11 is 3.06.